The number of aliphatic hydroxyl groups is 1. The van der Waals surface area contributed by atoms with Crippen molar-refractivity contribution in [3.63, 3.8) is 0 Å². The summed E-state index contributed by atoms with van der Waals surface area (Å²) in [6.45, 7) is -0.207. The van der Waals surface area contributed by atoms with Gasteiger partial charge in [0.1, 0.15) is 9.23 Å². The lowest BCUT2D eigenvalue weighted by Crippen LogP contribution is -2.55. The van der Waals surface area contributed by atoms with Crippen LogP contribution in [0.5, 0.6) is 0 Å². The molecule has 0 spiro atoms. The summed E-state index contributed by atoms with van der Waals surface area (Å²) >= 11 is 12.5. The minimum atomic E-state index is -3.72. The van der Waals surface area contributed by atoms with E-state index in [0.717, 1.165) is 17.8 Å². The van der Waals surface area contributed by atoms with Gasteiger partial charge in [-0.3, -0.25) is 0 Å². The Morgan fingerprint density at radius 1 is 1.47 bits per heavy atom. The van der Waals surface area contributed by atoms with Gasteiger partial charge in [-0.1, -0.05) is 23.2 Å². The lowest BCUT2D eigenvalue weighted by molar-refractivity contribution is 0.110. The van der Waals surface area contributed by atoms with Crippen LogP contribution in [0, 0.1) is 0 Å². The first-order valence-corrected chi connectivity index (χ1v) is 8.04. The Morgan fingerprint density at radius 3 is 2.47 bits per heavy atom. The first kappa shape index (κ1) is 13.6. The van der Waals surface area contributed by atoms with Crippen molar-refractivity contribution in [2.24, 2.45) is 0 Å². The normalized spacial score (nSPS) is 19.0. The summed E-state index contributed by atoms with van der Waals surface area (Å²) < 4.78 is 27.1. The molecular formula is C9H11Cl2NO3S2. The van der Waals surface area contributed by atoms with E-state index in [9.17, 15) is 13.5 Å². The zero-order valence-electron chi connectivity index (χ0n) is 8.74. The third-order valence-electron chi connectivity index (χ3n) is 2.88. The van der Waals surface area contributed by atoms with E-state index in [1.807, 2.05) is 0 Å². The summed E-state index contributed by atoms with van der Waals surface area (Å²) in [6.07, 6.45) is 2.18. The average Bonchev–Trinajstić information content (AvgIpc) is 2.52. The maximum Gasteiger partial charge on any atom is 0.243 e. The van der Waals surface area contributed by atoms with Crippen LogP contribution in [-0.4, -0.2) is 25.7 Å². The minimum absolute atomic E-state index is 0.0195. The maximum atomic E-state index is 12.1. The number of hydrogen-bond donors (Lipinski definition) is 2. The van der Waals surface area contributed by atoms with E-state index < -0.39 is 15.6 Å². The van der Waals surface area contributed by atoms with Gasteiger partial charge in [-0.15, -0.1) is 11.3 Å². The van der Waals surface area contributed by atoms with Crippen LogP contribution in [0.15, 0.2) is 11.0 Å². The van der Waals surface area contributed by atoms with Crippen LogP contribution in [-0.2, 0) is 10.0 Å². The predicted molar refractivity (Wildman–Crippen MR) is 68.3 cm³/mol. The van der Waals surface area contributed by atoms with Crippen LogP contribution in [0.2, 0.25) is 8.67 Å². The fourth-order valence-corrected chi connectivity index (χ4v) is 5.35. The van der Waals surface area contributed by atoms with Crippen molar-refractivity contribution in [3.05, 3.63) is 14.7 Å². The fraction of sp³-hybridized carbons (Fsp3) is 0.556. The summed E-state index contributed by atoms with van der Waals surface area (Å²) in [7, 11) is -3.72. The Balaban J connectivity index is 2.28. The molecule has 0 bridgehead atoms. The molecule has 1 fully saturated rings. The van der Waals surface area contributed by atoms with Gasteiger partial charge in [0.2, 0.25) is 10.0 Å². The number of thiophene rings is 1. The third kappa shape index (κ3) is 2.62. The van der Waals surface area contributed by atoms with Crippen LogP contribution in [0.3, 0.4) is 0 Å². The quantitative estimate of drug-likeness (QED) is 0.895. The molecule has 1 aromatic heterocycles. The molecule has 0 saturated heterocycles. The van der Waals surface area contributed by atoms with Gasteiger partial charge in [-0.05, 0) is 25.3 Å². The number of aliphatic hydroxyl groups excluding tert-OH is 1. The van der Waals surface area contributed by atoms with E-state index in [1.165, 1.54) is 6.07 Å². The molecular weight excluding hydrogens is 305 g/mol. The second kappa shape index (κ2) is 4.68. The summed E-state index contributed by atoms with van der Waals surface area (Å²) in [5, 5.41) is 9.24. The molecule has 17 heavy (non-hydrogen) atoms. The van der Waals surface area contributed by atoms with Crippen molar-refractivity contribution in [1.29, 1.82) is 0 Å². The number of halogens is 2. The first-order valence-electron chi connectivity index (χ1n) is 4.98. The smallest absolute Gasteiger partial charge is 0.243 e. The molecule has 1 aliphatic carbocycles. The lowest BCUT2D eigenvalue weighted by atomic mass is 9.78. The highest BCUT2D eigenvalue weighted by Crippen LogP contribution is 2.37. The van der Waals surface area contributed by atoms with Gasteiger partial charge < -0.3 is 5.11 Å². The molecule has 0 radical (unpaired) electrons. The minimum Gasteiger partial charge on any atom is -0.394 e. The summed E-state index contributed by atoms with van der Waals surface area (Å²) in [5.41, 5.74) is -0.726. The summed E-state index contributed by atoms with van der Waals surface area (Å²) in [6, 6.07) is 1.32. The Bertz CT molecular complexity index is 517. The molecule has 1 aliphatic rings. The highest BCUT2D eigenvalue weighted by atomic mass is 35.5. The molecule has 1 saturated carbocycles. The Labute approximate surface area is 114 Å². The largest absolute Gasteiger partial charge is 0.394 e. The van der Waals surface area contributed by atoms with Crippen LogP contribution < -0.4 is 4.72 Å². The van der Waals surface area contributed by atoms with E-state index in [2.05, 4.69) is 4.72 Å². The van der Waals surface area contributed by atoms with Crippen molar-refractivity contribution < 1.29 is 13.5 Å². The Morgan fingerprint density at radius 2 is 2.12 bits per heavy atom. The molecule has 0 aromatic carbocycles. The van der Waals surface area contributed by atoms with Crippen LogP contribution in [0.1, 0.15) is 19.3 Å². The van der Waals surface area contributed by atoms with Gasteiger partial charge in [0.15, 0.2) is 0 Å². The molecule has 2 N–H and O–H groups in total. The molecule has 1 aromatic rings. The van der Waals surface area contributed by atoms with Crippen molar-refractivity contribution in [3.8, 4) is 0 Å². The van der Waals surface area contributed by atoms with Gasteiger partial charge >= 0.3 is 0 Å². The molecule has 2 rings (SSSR count). The third-order valence-corrected chi connectivity index (χ3v) is 6.21. The summed E-state index contributed by atoms with van der Waals surface area (Å²) in [4.78, 5) is -0.0195. The molecule has 8 heteroatoms. The SMILES string of the molecule is O=S(=O)(NC1(CO)CCC1)c1cc(Cl)sc1Cl. The molecule has 0 unspecified atom stereocenters. The molecule has 1 heterocycles. The van der Waals surface area contributed by atoms with Crippen molar-refractivity contribution in [2.45, 2.75) is 29.7 Å². The molecule has 4 nitrogen and oxygen atoms in total. The van der Waals surface area contributed by atoms with Crippen molar-refractivity contribution in [2.75, 3.05) is 6.61 Å². The fourth-order valence-electron chi connectivity index (χ4n) is 1.74. The predicted octanol–water partition coefficient (Wildman–Crippen LogP) is 2.25. The van der Waals surface area contributed by atoms with Crippen LogP contribution in [0.25, 0.3) is 0 Å². The zero-order chi connectivity index (χ0) is 12.7. The standard InChI is InChI=1S/C9H11Cl2NO3S2/c10-7-4-6(8(11)16-7)17(14,15)12-9(5-13)2-1-3-9/h4,12-13H,1-3,5H2. The lowest BCUT2D eigenvalue weighted by Gasteiger charge is -2.40. The zero-order valence-corrected chi connectivity index (χ0v) is 11.9. The summed E-state index contributed by atoms with van der Waals surface area (Å²) in [5.74, 6) is 0. The number of hydrogen-bond acceptors (Lipinski definition) is 4. The number of sulfonamides is 1. The van der Waals surface area contributed by atoms with E-state index in [4.69, 9.17) is 23.2 Å². The van der Waals surface area contributed by atoms with E-state index >= 15 is 0 Å². The number of nitrogens with one attached hydrogen (secondary N) is 1. The van der Waals surface area contributed by atoms with Gasteiger partial charge in [0.25, 0.3) is 0 Å². The second-order valence-corrected chi connectivity index (χ2v) is 8.02. The number of rotatable bonds is 4. The highest BCUT2D eigenvalue weighted by molar-refractivity contribution is 7.89. The second-order valence-electron chi connectivity index (χ2n) is 4.09. The van der Waals surface area contributed by atoms with E-state index in [-0.39, 0.29) is 15.8 Å². The van der Waals surface area contributed by atoms with Crippen LogP contribution in [0.4, 0.5) is 0 Å². The van der Waals surface area contributed by atoms with Gasteiger partial charge in [-0.2, -0.15) is 0 Å². The van der Waals surface area contributed by atoms with Crippen molar-refractivity contribution in [1.82, 2.24) is 4.72 Å². The molecule has 96 valence electrons. The van der Waals surface area contributed by atoms with Gasteiger partial charge in [-0.25, -0.2) is 13.1 Å². The molecule has 0 aliphatic heterocycles. The van der Waals surface area contributed by atoms with Gasteiger partial charge in [0.05, 0.1) is 16.5 Å². The Kier molecular flexibility index (Phi) is 3.74. The molecule has 0 atom stereocenters. The average molecular weight is 316 g/mol. The monoisotopic (exact) mass is 315 g/mol. The van der Waals surface area contributed by atoms with E-state index in [1.54, 1.807) is 0 Å². The Hall–Kier alpha value is 0.150. The van der Waals surface area contributed by atoms with Crippen LogP contribution >= 0.6 is 34.5 Å². The topological polar surface area (TPSA) is 66.4 Å². The maximum absolute atomic E-state index is 12.1. The van der Waals surface area contributed by atoms with Crippen molar-refractivity contribution >= 4 is 44.6 Å². The van der Waals surface area contributed by atoms with E-state index in [0.29, 0.717) is 17.2 Å². The van der Waals surface area contributed by atoms with Gasteiger partial charge in [0, 0.05) is 0 Å². The molecule has 0 amide bonds. The highest BCUT2D eigenvalue weighted by Gasteiger charge is 2.41. The first-order chi connectivity index (χ1) is 7.88.